The molecule has 44 valence electrons. The normalized spacial score (nSPS) is 10.7. The van der Waals surface area contributed by atoms with Gasteiger partial charge in [0, 0.05) is 14.2 Å². The van der Waals surface area contributed by atoms with E-state index in [2.05, 4.69) is 4.65 Å². The predicted octanol–water partition coefficient (Wildman–Crippen LogP) is -2.13. The van der Waals surface area contributed by atoms with Crippen LogP contribution in [-0.2, 0) is 8.85 Å². The maximum atomic E-state index is 4.89. The first-order chi connectivity index (χ1) is 3.35. The van der Waals surface area contributed by atoms with Crippen LogP contribution >= 0.6 is 0 Å². The second-order valence-electron chi connectivity index (χ2n) is 1.09. The van der Waals surface area contributed by atoms with Gasteiger partial charge in [0.05, 0.1) is 10.4 Å². The first kappa shape index (κ1) is 7.31. The van der Waals surface area contributed by atoms with E-state index in [1.165, 1.54) is 0 Å². The zero-order chi connectivity index (χ0) is 5.70. The van der Waals surface area contributed by atoms with E-state index in [0.717, 1.165) is 10.4 Å². The number of rotatable bonds is 3. The fourth-order valence-electron chi connectivity index (χ4n) is 0.332. The van der Waals surface area contributed by atoms with Gasteiger partial charge in [-0.25, -0.2) is 0 Å². The molecule has 0 bridgehead atoms. The molecule has 0 aromatic rings. The maximum absolute atomic E-state index is 4.89. The highest BCUT2D eigenvalue weighted by Crippen LogP contribution is 1.72. The van der Waals surface area contributed by atoms with E-state index >= 15 is 0 Å². The highest BCUT2D eigenvalue weighted by atomic mass is 28.3. The van der Waals surface area contributed by atoms with Gasteiger partial charge < -0.3 is 13.5 Å². The zero-order valence-corrected chi connectivity index (χ0v) is 8.05. The van der Waals surface area contributed by atoms with Gasteiger partial charge in [-0.15, -0.1) is 0 Å². The standard InChI is InChI=1S/C2H11NO2Si2/c1-4-7(3-6)5-2/h3,7H,1-2,6H3. The lowest BCUT2D eigenvalue weighted by molar-refractivity contribution is 0.274. The Bertz CT molecular complexity index is 35.2. The largest absolute Gasteiger partial charge is 0.400 e. The molecule has 0 radical (unpaired) electrons. The lowest BCUT2D eigenvalue weighted by atomic mass is 11.8. The zero-order valence-electron chi connectivity index (χ0n) is 4.89. The summed E-state index contributed by atoms with van der Waals surface area (Å²) in [4.78, 5) is 0. The van der Waals surface area contributed by atoms with E-state index in [4.69, 9.17) is 8.85 Å². The Morgan fingerprint density at radius 1 is 1.43 bits per heavy atom. The molecule has 0 aliphatic heterocycles. The third-order valence-electron chi connectivity index (χ3n) is 0.664. The van der Waals surface area contributed by atoms with E-state index in [1.807, 2.05) is 0 Å². The summed E-state index contributed by atoms with van der Waals surface area (Å²) < 4.78 is 12.8. The third kappa shape index (κ3) is 2.95. The van der Waals surface area contributed by atoms with E-state index in [0.29, 0.717) is 0 Å². The van der Waals surface area contributed by atoms with Crippen LogP contribution in [0.25, 0.3) is 0 Å². The van der Waals surface area contributed by atoms with Crippen LogP contribution in [-0.4, -0.2) is 34.1 Å². The molecule has 0 rings (SSSR count). The van der Waals surface area contributed by atoms with E-state index in [-0.39, 0.29) is 0 Å². The molecule has 0 saturated heterocycles. The Labute approximate surface area is 48.4 Å². The van der Waals surface area contributed by atoms with Crippen LogP contribution in [0.3, 0.4) is 0 Å². The predicted molar refractivity (Wildman–Crippen MR) is 34.2 cm³/mol. The topological polar surface area (TPSA) is 30.5 Å². The maximum Gasteiger partial charge on any atom is 0.400 e. The minimum atomic E-state index is -1.36. The monoisotopic (exact) mass is 137 g/mol. The fourth-order valence-corrected chi connectivity index (χ4v) is 2.41. The minimum absolute atomic E-state index is 0.953. The van der Waals surface area contributed by atoms with Crippen molar-refractivity contribution < 1.29 is 8.85 Å². The highest BCUT2D eigenvalue weighted by molar-refractivity contribution is 6.49. The third-order valence-corrected chi connectivity index (χ3v) is 3.41. The Morgan fingerprint density at radius 3 is 1.86 bits per heavy atom. The highest BCUT2D eigenvalue weighted by Gasteiger charge is 2.01. The van der Waals surface area contributed by atoms with Crippen molar-refractivity contribution in [3.8, 4) is 0 Å². The molecule has 1 N–H and O–H groups in total. The second kappa shape index (κ2) is 4.47. The first-order valence-electron chi connectivity index (χ1n) is 2.08. The number of hydrogen-bond donors (Lipinski definition) is 1. The lowest BCUT2D eigenvalue weighted by Gasteiger charge is -2.06. The molecule has 0 spiro atoms. The Morgan fingerprint density at radius 2 is 1.86 bits per heavy atom. The summed E-state index contributed by atoms with van der Waals surface area (Å²) in [7, 11) is 2.91. The molecule has 0 heterocycles. The van der Waals surface area contributed by atoms with Gasteiger partial charge in [-0.2, -0.15) is 0 Å². The summed E-state index contributed by atoms with van der Waals surface area (Å²) >= 11 is 0. The number of nitrogens with one attached hydrogen (secondary N) is 1. The van der Waals surface area contributed by atoms with Gasteiger partial charge >= 0.3 is 9.45 Å². The molecule has 0 unspecified atom stereocenters. The molecular weight excluding hydrogens is 126 g/mol. The molecule has 0 aliphatic carbocycles. The Kier molecular flexibility index (Phi) is 4.67. The van der Waals surface area contributed by atoms with Crippen LogP contribution in [0, 0.1) is 0 Å². The summed E-state index contributed by atoms with van der Waals surface area (Å²) in [6, 6.07) is 0. The summed E-state index contributed by atoms with van der Waals surface area (Å²) in [6.07, 6.45) is 0. The van der Waals surface area contributed by atoms with Crippen molar-refractivity contribution in [2.45, 2.75) is 0 Å². The molecule has 5 heteroatoms. The van der Waals surface area contributed by atoms with Crippen LogP contribution < -0.4 is 4.65 Å². The summed E-state index contributed by atoms with van der Waals surface area (Å²) in [5, 5.41) is 0. The summed E-state index contributed by atoms with van der Waals surface area (Å²) in [5.41, 5.74) is 0. The quantitative estimate of drug-likeness (QED) is 0.451. The molecule has 0 aliphatic rings. The van der Waals surface area contributed by atoms with Gasteiger partial charge in [0.25, 0.3) is 0 Å². The lowest BCUT2D eigenvalue weighted by Crippen LogP contribution is -2.35. The van der Waals surface area contributed by atoms with Crippen molar-refractivity contribution in [2.75, 3.05) is 14.2 Å². The molecule has 3 nitrogen and oxygen atoms in total. The van der Waals surface area contributed by atoms with Gasteiger partial charge in [0.2, 0.25) is 0 Å². The molecule has 0 aromatic heterocycles. The van der Waals surface area contributed by atoms with Crippen LogP contribution in [0.15, 0.2) is 0 Å². The molecule has 7 heavy (non-hydrogen) atoms. The van der Waals surface area contributed by atoms with Gasteiger partial charge in [0.15, 0.2) is 0 Å². The molecule has 0 aromatic carbocycles. The van der Waals surface area contributed by atoms with Crippen LogP contribution in [0.4, 0.5) is 0 Å². The van der Waals surface area contributed by atoms with Crippen LogP contribution in [0.2, 0.25) is 0 Å². The fraction of sp³-hybridized carbons (Fsp3) is 1.00. The second-order valence-corrected chi connectivity index (χ2v) is 5.01. The first-order valence-corrected chi connectivity index (χ1v) is 4.60. The Balaban J connectivity index is 2.99. The summed E-state index contributed by atoms with van der Waals surface area (Å²) in [6.45, 7) is 0. The molecule has 0 amide bonds. The van der Waals surface area contributed by atoms with Crippen molar-refractivity contribution in [3.05, 3.63) is 0 Å². The van der Waals surface area contributed by atoms with Crippen LogP contribution in [0.5, 0.6) is 0 Å². The van der Waals surface area contributed by atoms with E-state index < -0.39 is 9.45 Å². The van der Waals surface area contributed by atoms with Crippen LogP contribution in [0.1, 0.15) is 0 Å². The molecule has 0 fully saturated rings. The van der Waals surface area contributed by atoms with E-state index in [1.54, 1.807) is 14.2 Å². The van der Waals surface area contributed by atoms with Gasteiger partial charge in [0.1, 0.15) is 0 Å². The molecule has 0 saturated carbocycles. The number of hydrogen-bond acceptors (Lipinski definition) is 3. The van der Waals surface area contributed by atoms with Crippen molar-refractivity contribution in [1.29, 1.82) is 0 Å². The smallest absolute Gasteiger partial charge is 0.389 e. The van der Waals surface area contributed by atoms with Gasteiger partial charge in [-0.05, 0) is 0 Å². The van der Waals surface area contributed by atoms with Crippen molar-refractivity contribution in [3.63, 3.8) is 0 Å². The SMILES string of the molecule is CO[SiH](N[SiH3])OC. The van der Waals surface area contributed by atoms with Crippen molar-refractivity contribution >= 4 is 19.8 Å². The summed E-state index contributed by atoms with van der Waals surface area (Å²) in [5.74, 6) is 0. The molecular formula is C2H11NO2Si2. The Hall–Kier alpha value is 0.314. The van der Waals surface area contributed by atoms with Gasteiger partial charge in [-0.1, -0.05) is 0 Å². The average Bonchev–Trinajstić information content (AvgIpc) is 1.72. The van der Waals surface area contributed by atoms with Gasteiger partial charge in [-0.3, -0.25) is 0 Å². The minimum Gasteiger partial charge on any atom is -0.389 e. The molecule has 0 atom stereocenters. The van der Waals surface area contributed by atoms with Crippen molar-refractivity contribution in [1.82, 2.24) is 4.65 Å². The van der Waals surface area contributed by atoms with Crippen molar-refractivity contribution in [2.24, 2.45) is 0 Å². The van der Waals surface area contributed by atoms with E-state index in [9.17, 15) is 0 Å². The average molecular weight is 137 g/mol.